The molecule has 1 aliphatic heterocycles. The van der Waals surface area contributed by atoms with Crippen LogP contribution in [-0.2, 0) is 4.79 Å². The highest BCUT2D eigenvalue weighted by molar-refractivity contribution is 6.34. The fraction of sp³-hybridized carbons (Fsp3) is 0.0455. The Hall–Kier alpha value is -3.93. The van der Waals surface area contributed by atoms with Crippen molar-refractivity contribution in [3.8, 4) is 11.5 Å². The zero-order valence-electron chi connectivity index (χ0n) is 14.7. The van der Waals surface area contributed by atoms with Crippen molar-refractivity contribution in [3.63, 3.8) is 0 Å². The van der Waals surface area contributed by atoms with Gasteiger partial charge in [0.25, 0.3) is 11.8 Å². The Labute approximate surface area is 160 Å². The highest BCUT2D eigenvalue weighted by atomic mass is 16.6. The molecule has 0 bridgehead atoms. The van der Waals surface area contributed by atoms with Crippen molar-refractivity contribution in [2.45, 2.75) is 0 Å². The molecule has 0 radical (unpaired) electrons. The third-order valence-corrected chi connectivity index (χ3v) is 4.20. The van der Waals surface area contributed by atoms with Crippen molar-refractivity contribution < 1.29 is 23.9 Å². The number of carbonyl (C=O) groups is 3. The SMILES string of the molecule is O=C(COc1ccccc1)Oc1cccc(N2C(=O)c3ccccc3C2=O)c1. The highest BCUT2D eigenvalue weighted by Crippen LogP contribution is 2.30. The van der Waals surface area contributed by atoms with E-state index in [1.54, 1.807) is 66.7 Å². The molecule has 2 amide bonds. The fourth-order valence-corrected chi connectivity index (χ4v) is 2.93. The quantitative estimate of drug-likeness (QED) is 0.389. The number of esters is 1. The molecule has 0 aliphatic carbocycles. The first-order valence-electron chi connectivity index (χ1n) is 8.60. The van der Waals surface area contributed by atoms with Gasteiger partial charge in [0.1, 0.15) is 11.5 Å². The second-order valence-electron chi connectivity index (χ2n) is 6.06. The van der Waals surface area contributed by atoms with Gasteiger partial charge in [0.05, 0.1) is 16.8 Å². The summed E-state index contributed by atoms with van der Waals surface area (Å²) in [6.07, 6.45) is 0. The lowest BCUT2D eigenvalue weighted by Crippen LogP contribution is -2.29. The van der Waals surface area contributed by atoms with E-state index in [4.69, 9.17) is 9.47 Å². The number of para-hydroxylation sites is 1. The van der Waals surface area contributed by atoms with Crippen molar-refractivity contribution in [1.29, 1.82) is 0 Å². The van der Waals surface area contributed by atoms with Crippen molar-refractivity contribution in [1.82, 2.24) is 0 Å². The standard InChI is InChI=1S/C22H15NO5/c24-20(14-27-16-8-2-1-3-9-16)28-17-10-6-7-15(13-17)23-21(25)18-11-4-5-12-19(18)22(23)26/h1-13H,14H2. The molecule has 0 saturated heterocycles. The number of carbonyl (C=O) groups excluding carboxylic acids is 3. The van der Waals surface area contributed by atoms with E-state index < -0.39 is 17.8 Å². The minimum atomic E-state index is -0.594. The number of imide groups is 1. The monoisotopic (exact) mass is 373 g/mol. The maximum Gasteiger partial charge on any atom is 0.349 e. The van der Waals surface area contributed by atoms with Crippen LogP contribution in [0.4, 0.5) is 5.69 Å². The van der Waals surface area contributed by atoms with Crippen LogP contribution in [0.5, 0.6) is 11.5 Å². The largest absolute Gasteiger partial charge is 0.482 e. The predicted octanol–water partition coefficient (Wildman–Crippen LogP) is 3.47. The molecule has 1 aliphatic rings. The van der Waals surface area contributed by atoms with Gasteiger partial charge in [-0.15, -0.1) is 0 Å². The van der Waals surface area contributed by atoms with Gasteiger partial charge in [0, 0.05) is 6.07 Å². The van der Waals surface area contributed by atoms with Crippen LogP contribution in [0.1, 0.15) is 20.7 Å². The molecule has 28 heavy (non-hydrogen) atoms. The van der Waals surface area contributed by atoms with E-state index in [1.165, 1.54) is 6.07 Å². The number of amides is 2. The smallest absolute Gasteiger partial charge is 0.349 e. The van der Waals surface area contributed by atoms with E-state index >= 15 is 0 Å². The average molecular weight is 373 g/mol. The molecule has 0 N–H and O–H groups in total. The van der Waals surface area contributed by atoms with Gasteiger partial charge in [0.2, 0.25) is 0 Å². The molecule has 0 fully saturated rings. The second kappa shape index (κ2) is 7.36. The number of fused-ring (bicyclic) bond motifs is 1. The van der Waals surface area contributed by atoms with Gasteiger partial charge in [0.15, 0.2) is 6.61 Å². The molecule has 6 heteroatoms. The highest BCUT2D eigenvalue weighted by Gasteiger charge is 2.36. The number of nitrogens with zero attached hydrogens (tertiary/aromatic N) is 1. The van der Waals surface area contributed by atoms with E-state index in [0.717, 1.165) is 4.90 Å². The van der Waals surface area contributed by atoms with Crippen LogP contribution in [-0.4, -0.2) is 24.4 Å². The van der Waals surface area contributed by atoms with Crippen LogP contribution < -0.4 is 14.4 Å². The summed E-state index contributed by atoms with van der Waals surface area (Å²) in [5.41, 5.74) is 1.04. The number of rotatable bonds is 5. The molecule has 0 aromatic heterocycles. The molecule has 138 valence electrons. The summed E-state index contributed by atoms with van der Waals surface area (Å²) >= 11 is 0. The third-order valence-electron chi connectivity index (χ3n) is 4.20. The molecule has 1 heterocycles. The number of anilines is 1. The topological polar surface area (TPSA) is 72.9 Å². The molecule has 0 spiro atoms. The Bertz CT molecular complexity index is 1030. The van der Waals surface area contributed by atoms with Gasteiger partial charge in [-0.2, -0.15) is 0 Å². The Morgan fingerprint density at radius 2 is 1.36 bits per heavy atom. The molecular weight excluding hydrogens is 358 g/mol. The van der Waals surface area contributed by atoms with E-state index in [9.17, 15) is 14.4 Å². The molecule has 3 aromatic rings. The first kappa shape index (κ1) is 17.5. The molecule has 6 nitrogen and oxygen atoms in total. The summed E-state index contributed by atoms with van der Waals surface area (Å²) in [4.78, 5) is 38.3. The molecule has 0 atom stereocenters. The van der Waals surface area contributed by atoms with E-state index in [1.807, 2.05) is 6.07 Å². The maximum absolute atomic E-state index is 12.6. The number of hydrogen-bond donors (Lipinski definition) is 0. The first-order chi connectivity index (χ1) is 13.6. The number of benzene rings is 3. The molecular formula is C22H15NO5. The number of ether oxygens (including phenoxy) is 2. The summed E-state index contributed by atoms with van der Waals surface area (Å²) in [7, 11) is 0. The van der Waals surface area contributed by atoms with Gasteiger partial charge in [-0.25, -0.2) is 9.69 Å². The lowest BCUT2D eigenvalue weighted by atomic mass is 10.1. The van der Waals surface area contributed by atoms with Gasteiger partial charge in [-0.05, 0) is 36.4 Å². The maximum atomic E-state index is 12.6. The zero-order chi connectivity index (χ0) is 19.5. The minimum Gasteiger partial charge on any atom is -0.482 e. The van der Waals surface area contributed by atoms with Gasteiger partial charge >= 0.3 is 5.97 Å². The summed E-state index contributed by atoms with van der Waals surface area (Å²) in [6, 6.07) is 21.8. The average Bonchev–Trinajstić information content (AvgIpc) is 2.98. The molecule has 0 unspecified atom stereocenters. The second-order valence-corrected chi connectivity index (χ2v) is 6.06. The van der Waals surface area contributed by atoms with Gasteiger partial charge < -0.3 is 9.47 Å². The summed E-state index contributed by atoms with van der Waals surface area (Å²) in [5, 5.41) is 0. The summed E-state index contributed by atoms with van der Waals surface area (Å²) < 4.78 is 10.6. The molecule has 3 aromatic carbocycles. The van der Waals surface area contributed by atoms with Crippen LogP contribution >= 0.6 is 0 Å². The van der Waals surface area contributed by atoms with Crippen LogP contribution in [0.15, 0.2) is 78.9 Å². The minimum absolute atomic E-state index is 0.218. The Morgan fingerprint density at radius 3 is 2.04 bits per heavy atom. The zero-order valence-corrected chi connectivity index (χ0v) is 14.7. The third kappa shape index (κ3) is 3.35. The van der Waals surface area contributed by atoms with Gasteiger partial charge in [-0.3, -0.25) is 9.59 Å². The van der Waals surface area contributed by atoms with Crippen LogP contribution in [0.2, 0.25) is 0 Å². The van der Waals surface area contributed by atoms with E-state index in [2.05, 4.69) is 0 Å². The summed E-state index contributed by atoms with van der Waals surface area (Å²) in [5.74, 6) is -0.633. The van der Waals surface area contributed by atoms with Crippen LogP contribution in [0.3, 0.4) is 0 Å². The lowest BCUT2D eigenvalue weighted by molar-refractivity contribution is -0.136. The summed E-state index contributed by atoms with van der Waals surface area (Å²) in [6.45, 7) is -0.263. The predicted molar refractivity (Wildman–Crippen MR) is 102 cm³/mol. The Morgan fingerprint density at radius 1 is 0.750 bits per heavy atom. The normalized spacial score (nSPS) is 12.6. The Balaban J connectivity index is 1.47. The molecule has 4 rings (SSSR count). The first-order valence-corrected chi connectivity index (χ1v) is 8.60. The van der Waals surface area contributed by atoms with Crippen molar-refractivity contribution in [2.75, 3.05) is 11.5 Å². The lowest BCUT2D eigenvalue weighted by Gasteiger charge is -2.15. The van der Waals surface area contributed by atoms with E-state index in [-0.39, 0.29) is 12.4 Å². The van der Waals surface area contributed by atoms with Crippen molar-refractivity contribution >= 4 is 23.5 Å². The van der Waals surface area contributed by atoms with Crippen molar-refractivity contribution in [3.05, 3.63) is 90.0 Å². The van der Waals surface area contributed by atoms with Crippen molar-refractivity contribution in [2.24, 2.45) is 0 Å². The van der Waals surface area contributed by atoms with Crippen LogP contribution in [0.25, 0.3) is 0 Å². The van der Waals surface area contributed by atoms with Gasteiger partial charge in [-0.1, -0.05) is 36.4 Å². The number of hydrogen-bond acceptors (Lipinski definition) is 5. The van der Waals surface area contributed by atoms with E-state index in [0.29, 0.717) is 22.6 Å². The molecule has 0 saturated carbocycles. The fourth-order valence-electron chi connectivity index (χ4n) is 2.93. The van der Waals surface area contributed by atoms with Crippen LogP contribution in [0, 0.1) is 0 Å². The Kier molecular flexibility index (Phi) is 4.60.